The molecule has 1 amide bonds. The number of amides is 1. The first kappa shape index (κ1) is 14.2. The highest BCUT2D eigenvalue weighted by molar-refractivity contribution is 7.99. The lowest BCUT2D eigenvalue weighted by molar-refractivity contribution is -0.132. The lowest BCUT2D eigenvalue weighted by atomic mass is 9.98. The van der Waals surface area contributed by atoms with Crippen LogP contribution in [-0.2, 0) is 4.79 Å². The van der Waals surface area contributed by atoms with E-state index in [-0.39, 0.29) is 0 Å². The first-order valence-corrected chi connectivity index (χ1v) is 7.88. The van der Waals surface area contributed by atoms with Gasteiger partial charge in [-0.15, -0.1) is 11.6 Å². The summed E-state index contributed by atoms with van der Waals surface area (Å²) >= 11 is 7.67. The molecule has 0 aromatic heterocycles. The number of nitrogens with zero attached hydrogens (tertiary/aromatic N) is 1. The molecule has 1 rings (SSSR count). The van der Waals surface area contributed by atoms with E-state index in [0.717, 1.165) is 25.9 Å². The highest BCUT2D eigenvalue weighted by Gasteiger charge is 2.20. The highest BCUT2D eigenvalue weighted by Crippen LogP contribution is 2.25. The third-order valence-corrected chi connectivity index (χ3v) is 4.42. The summed E-state index contributed by atoms with van der Waals surface area (Å²) in [5.74, 6) is 4.05. The lowest BCUT2D eigenvalue weighted by Crippen LogP contribution is -2.33. The van der Waals surface area contributed by atoms with E-state index in [1.807, 2.05) is 23.6 Å². The van der Waals surface area contributed by atoms with Crippen LogP contribution in [0.15, 0.2) is 0 Å². The molecule has 1 heterocycles. The van der Waals surface area contributed by atoms with Crippen molar-refractivity contribution in [2.75, 3.05) is 30.5 Å². The van der Waals surface area contributed by atoms with Crippen LogP contribution in [0.2, 0.25) is 0 Å². The van der Waals surface area contributed by atoms with Crippen molar-refractivity contribution >= 4 is 29.3 Å². The second-order valence-corrected chi connectivity index (χ2v) is 5.88. The van der Waals surface area contributed by atoms with Crippen LogP contribution in [0.3, 0.4) is 0 Å². The van der Waals surface area contributed by atoms with Crippen LogP contribution in [0.4, 0.5) is 0 Å². The molecule has 1 aliphatic heterocycles. The fraction of sp³-hybridized carbons (Fsp3) is 0.917. The SMILES string of the molecule is CCN(CCCCl)C(=O)CC1CCSCC1. The van der Waals surface area contributed by atoms with Gasteiger partial charge in [0.15, 0.2) is 0 Å². The number of rotatable bonds is 6. The molecule has 1 saturated heterocycles. The van der Waals surface area contributed by atoms with Gasteiger partial charge in [0.05, 0.1) is 0 Å². The second kappa shape index (κ2) is 8.24. The van der Waals surface area contributed by atoms with Gasteiger partial charge in [0, 0.05) is 25.4 Å². The largest absolute Gasteiger partial charge is 0.343 e. The first-order valence-electron chi connectivity index (χ1n) is 6.19. The predicted octanol–water partition coefficient (Wildman–Crippen LogP) is 3.00. The Balaban J connectivity index is 2.29. The lowest BCUT2D eigenvalue weighted by Gasteiger charge is -2.25. The fourth-order valence-corrected chi connectivity index (χ4v) is 3.36. The summed E-state index contributed by atoms with van der Waals surface area (Å²) in [5.41, 5.74) is 0. The average Bonchev–Trinajstić information content (AvgIpc) is 2.31. The van der Waals surface area contributed by atoms with Gasteiger partial charge in [0.2, 0.25) is 5.91 Å². The molecule has 0 N–H and O–H groups in total. The van der Waals surface area contributed by atoms with E-state index in [1.54, 1.807) is 0 Å². The Morgan fingerprint density at radius 1 is 1.44 bits per heavy atom. The summed E-state index contributed by atoms with van der Waals surface area (Å²) < 4.78 is 0. The summed E-state index contributed by atoms with van der Waals surface area (Å²) in [4.78, 5) is 14.0. The summed E-state index contributed by atoms with van der Waals surface area (Å²) in [6.45, 7) is 3.68. The van der Waals surface area contributed by atoms with Crippen molar-refractivity contribution in [2.45, 2.75) is 32.6 Å². The zero-order valence-corrected chi connectivity index (χ0v) is 11.7. The fourth-order valence-electron chi connectivity index (χ4n) is 2.04. The molecule has 0 aromatic carbocycles. The zero-order chi connectivity index (χ0) is 11.8. The number of hydrogen-bond acceptors (Lipinski definition) is 2. The highest BCUT2D eigenvalue weighted by atomic mass is 35.5. The van der Waals surface area contributed by atoms with Gasteiger partial charge in [0.25, 0.3) is 0 Å². The van der Waals surface area contributed by atoms with Gasteiger partial charge in [-0.1, -0.05) is 0 Å². The molecule has 0 unspecified atom stereocenters. The molecule has 16 heavy (non-hydrogen) atoms. The summed E-state index contributed by atoms with van der Waals surface area (Å²) in [6.07, 6.45) is 4.07. The molecule has 1 aliphatic rings. The maximum Gasteiger partial charge on any atom is 0.222 e. The smallest absolute Gasteiger partial charge is 0.222 e. The van der Waals surface area contributed by atoms with E-state index in [1.165, 1.54) is 24.3 Å². The van der Waals surface area contributed by atoms with E-state index in [4.69, 9.17) is 11.6 Å². The van der Waals surface area contributed by atoms with Gasteiger partial charge < -0.3 is 4.90 Å². The Morgan fingerprint density at radius 2 is 2.12 bits per heavy atom. The van der Waals surface area contributed by atoms with Crippen molar-refractivity contribution in [1.29, 1.82) is 0 Å². The minimum atomic E-state index is 0.324. The van der Waals surface area contributed by atoms with Crippen molar-refractivity contribution in [3.8, 4) is 0 Å². The maximum atomic E-state index is 12.0. The quantitative estimate of drug-likeness (QED) is 0.687. The molecule has 94 valence electrons. The van der Waals surface area contributed by atoms with Gasteiger partial charge in [-0.05, 0) is 43.6 Å². The molecular formula is C12H22ClNOS. The standard InChI is InChI=1S/C12H22ClNOS/c1-2-14(7-3-6-13)12(15)10-11-4-8-16-9-5-11/h11H,2-10H2,1H3. The van der Waals surface area contributed by atoms with Crippen molar-refractivity contribution in [2.24, 2.45) is 5.92 Å². The summed E-state index contributed by atoms with van der Waals surface area (Å²) in [6, 6.07) is 0. The van der Waals surface area contributed by atoms with Crippen molar-refractivity contribution in [3.63, 3.8) is 0 Å². The van der Waals surface area contributed by atoms with Crippen LogP contribution in [0.5, 0.6) is 0 Å². The Kier molecular flexibility index (Phi) is 7.30. The van der Waals surface area contributed by atoms with E-state index >= 15 is 0 Å². The molecule has 0 radical (unpaired) electrons. The number of hydrogen-bond donors (Lipinski definition) is 0. The molecule has 4 heteroatoms. The molecule has 2 nitrogen and oxygen atoms in total. The molecule has 0 bridgehead atoms. The minimum Gasteiger partial charge on any atom is -0.343 e. The second-order valence-electron chi connectivity index (χ2n) is 4.28. The van der Waals surface area contributed by atoms with Gasteiger partial charge in [-0.3, -0.25) is 4.79 Å². The number of carbonyl (C=O) groups is 1. The van der Waals surface area contributed by atoms with Gasteiger partial charge in [-0.25, -0.2) is 0 Å². The Bertz CT molecular complexity index is 207. The van der Waals surface area contributed by atoms with E-state index in [9.17, 15) is 4.79 Å². The van der Waals surface area contributed by atoms with E-state index in [0.29, 0.717) is 17.7 Å². The Labute approximate surface area is 108 Å². The van der Waals surface area contributed by atoms with Crippen LogP contribution in [0, 0.1) is 5.92 Å². The Morgan fingerprint density at radius 3 is 2.69 bits per heavy atom. The normalized spacial score (nSPS) is 17.4. The monoisotopic (exact) mass is 263 g/mol. The van der Waals surface area contributed by atoms with Crippen molar-refractivity contribution < 1.29 is 4.79 Å². The maximum absolute atomic E-state index is 12.0. The number of halogens is 1. The molecule has 1 fully saturated rings. The molecule has 0 aliphatic carbocycles. The van der Waals surface area contributed by atoms with Gasteiger partial charge in [0.1, 0.15) is 0 Å². The van der Waals surface area contributed by atoms with Crippen molar-refractivity contribution in [1.82, 2.24) is 4.90 Å². The van der Waals surface area contributed by atoms with E-state index < -0.39 is 0 Å². The van der Waals surface area contributed by atoms with Crippen LogP contribution >= 0.6 is 23.4 Å². The van der Waals surface area contributed by atoms with Crippen LogP contribution in [-0.4, -0.2) is 41.3 Å². The summed E-state index contributed by atoms with van der Waals surface area (Å²) in [7, 11) is 0. The first-order chi connectivity index (χ1) is 7.77. The van der Waals surface area contributed by atoms with Gasteiger partial charge in [-0.2, -0.15) is 11.8 Å². The third kappa shape index (κ3) is 4.96. The molecule has 0 spiro atoms. The molecule has 0 atom stereocenters. The van der Waals surface area contributed by atoms with Gasteiger partial charge >= 0.3 is 0 Å². The zero-order valence-electron chi connectivity index (χ0n) is 10.1. The van der Waals surface area contributed by atoms with Crippen LogP contribution in [0.25, 0.3) is 0 Å². The third-order valence-electron chi connectivity index (χ3n) is 3.10. The topological polar surface area (TPSA) is 20.3 Å². The summed E-state index contributed by atoms with van der Waals surface area (Å²) in [5, 5.41) is 0. The van der Waals surface area contributed by atoms with Crippen LogP contribution in [0.1, 0.15) is 32.6 Å². The van der Waals surface area contributed by atoms with Crippen molar-refractivity contribution in [3.05, 3.63) is 0 Å². The molecule has 0 saturated carbocycles. The molecular weight excluding hydrogens is 242 g/mol. The van der Waals surface area contributed by atoms with E-state index in [2.05, 4.69) is 0 Å². The predicted molar refractivity (Wildman–Crippen MR) is 72.3 cm³/mol. The van der Waals surface area contributed by atoms with Crippen LogP contribution < -0.4 is 0 Å². The molecule has 0 aromatic rings. The number of thioether (sulfide) groups is 1. The average molecular weight is 264 g/mol. The number of carbonyl (C=O) groups excluding carboxylic acids is 1. The number of alkyl halides is 1. The Hall–Kier alpha value is 0.110. The minimum absolute atomic E-state index is 0.324.